The van der Waals surface area contributed by atoms with Gasteiger partial charge in [-0.05, 0) is 71.3 Å². The standard InChI is InChI=1S/C34H33NO2/c1-20(2)15-28-21(3)36-31-18-23(11-12-27(28)31)30-19-24-13-14-35-32(33(24)37-30)25-16-22-9-7-8-10-26(22)29(17-25)34(4,5)6/h7-14,16-20H,15H2,1-6H3. The number of fused-ring (bicyclic) bond motifs is 3. The van der Waals surface area contributed by atoms with Gasteiger partial charge in [-0.25, -0.2) is 0 Å². The van der Waals surface area contributed by atoms with Gasteiger partial charge in [0.1, 0.15) is 22.8 Å². The summed E-state index contributed by atoms with van der Waals surface area (Å²) in [6, 6.07) is 23.6. The van der Waals surface area contributed by atoms with Crippen LogP contribution < -0.4 is 0 Å². The molecule has 3 nitrogen and oxygen atoms in total. The second-order valence-corrected chi connectivity index (χ2v) is 11.6. The predicted molar refractivity (Wildman–Crippen MR) is 154 cm³/mol. The lowest BCUT2D eigenvalue weighted by Gasteiger charge is -2.22. The number of hydrogen-bond donors (Lipinski definition) is 0. The van der Waals surface area contributed by atoms with Crippen molar-refractivity contribution in [3.63, 3.8) is 0 Å². The maximum atomic E-state index is 6.52. The van der Waals surface area contributed by atoms with E-state index in [0.29, 0.717) is 5.92 Å². The maximum absolute atomic E-state index is 6.52. The van der Waals surface area contributed by atoms with E-state index in [1.807, 2.05) is 12.3 Å². The molecule has 0 saturated carbocycles. The molecule has 0 N–H and O–H groups in total. The van der Waals surface area contributed by atoms with E-state index in [2.05, 4.69) is 102 Å². The van der Waals surface area contributed by atoms with E-state index in [-0.39, 0.29) is 5.41 Å². The fourth-order valence-corrected chi connectivity index (χ4v) is 5.47. The number of aromatic nitrogens is 1. The molecule has 0 atom stereocenters. The van der Waals surface area contributed by atoms with Crippen LogP contribution in [0.15, 0.2) is 81.8 Å². The molecule has 0 spiro atoms. The molecule has 3 aromatic heterocycles. The zero-order valence-corrected chi connectivity index (χ0v) is 22.5. The molecule has 0 aliphatic carbocycles. The lowest BCUT2D eigenvalue weighted by Crippen LogP contribution is -2.12. The van der Waals surface area contributed by atoms with Crippen LogP contribution in [0.4, 0.5) is 0 Å². The van der Waals surface area contributed by atoms with Gasteiger partial charge in [-0.3, -0.25) is 4.98 Å². The van der Waals surface area contributed by atoms with Gasteiger partial charge in [-0.1, -0.05) is 71.0 Å². The van der Waals surface area contributed by atoms with Gasteiger partial charge in [-0.15, -0.1) is 0 Å². The highest BCUT2D eigenvalue weighted by Crippen LogP contribution is 2.39. The molecule has 0 aliphatic heterocycles. The van der Waals surface area contributed by atoms with Gasteiger partial charge in [0, 0.05) is 33.7 Å². The summed E-state index contributed by atoms with van der Waals surface area (Å²) >= 11 is 0. The Morgan fingerprint density at radius 3 is 2.41 bits per heavy atom. The average molecular weight is 488 g/mol. The van der Waals surface area contributed by atoms with E-state index in [0.717, 1.165) is 51.3 Å². The van der Waals surface area contributed by atoms with Crippen LogP contribution in [0, 0.1) is 12.8 Å². The van der Waals surface area contributed by atoms with Gasteiger partial charge in [0.2, 0.25) is 0 Å². The number of benzene rings is 3. The van der Waals surface area contributed by atoms with Crippen LogP contribution in [0.5, 0.6) is 0 Å². The third-order valence-electron chi connectivity index (χ3n) is 7.27. The first kappa shape index (κ1) is 23.5. The lowest BCUT2D eigenvalue weighted by atomic mass is 9.82. The summed E-state index contributed by atoms with van der Waals surface area (Å²) in [5.41, 5.74) is 7.29. The summed E-state index contributed by atoms with van der Waals surface area (Å²) in [5, 5.41) is 4.73. The molecule has 0 amide bonds. The van der Waals surface area contributed by atoms with Gasteiger partial charge in [0.25, 0.3) is 0 Å². The Labute approximate surface area is 218 Å². The number of furan rings is 2. The van der Waals surface area contributed by atoms with E-state index in [1.165, 1.54) is 27.3 Å². The largest absolute Gasteiger partial charge is 0.461 e. The van der Waals surface area contributed by atoms with Gasteiger partial charge in [-0.2, -0.15) is 0 Å². The van der Waals surface area contributed by atoms with Crippen molar-refractivity contribution in [2.75, 3.05) is 0 Å². The highest BCUT2D eigenvalue weighted by molar-refractivity contribution is 5.97. The molecule has 0 unspecified atom stereocenters. The quantitative estimate of drug-likeness (QED) is 0.248. The van der Waals surface area contributed by atoms with Crippen molar-refractivity contribution in [2.45, 2.75) is 53.4 Å². The Morgan fingerprint density at radius 2 is 1.62 bits per heavy atom. The number of hydrogen-bond acceptors (Lipinski definition) is 3. The summed E-state index contributed by atoms with van der Waals surface area (Å²) in [7, 11) is 0. The van der Waals surface area contributed by atoms with Gasteiger partial charge in [0.05, 0.1) is 0 Å². The minimum atomic E-state index is 0.00282. The minimum absolute atomic E-state index is 0.00282. The van der Waals surface area contributed by atoms with Gasteiger partial charge >= 0.3 is 0 Å². The Bertz CT molecular complexity index is 1780. The Kier molecular flexibility index (Phi) is 5.49. The van der Waals surface area contributed by atoms with Crippen molar-refractivity contribution in [2.24, 2.45) is 5.92 Å². The topological polar surface area (TPSA) is 39.2 Å². The van der Waals surface area contributed by atoms with E-state index in [1.54, 1.807) is 0 Å². The number of pyridine rings is 1. The van der Waals surface area contributed by atoms with Crippen LogP contribution in [0.3, 0.4) is 0 Å². The zero-order valence-electron chi connectivity index (χ0n) is 22.5. The monoisotopic (exact) mass is 487 g/mol. The number of aryl methyl sites for hydroxylation is 1. The predicted octanol–water partition coefficient (Wildman–Crippen LogP) is 9.87. The second kappa shape index (κ2) is 8.62. The minimum Gasteiger partial charge on any atom is -0.461 e. The lowest BCUT2D eigenvalue weighted by molar-refractivity contribution is 0.559. The van der Waals surface area contributed by atoms with E-state index >= 15 is 0 Å². The van der Waals surface area contributed by atoms with E-state index < -0.39 is 0 Å². The molecule has 186 valence electrons. The molecule has 0 saturated heterocycles. The summed E-state index contributed by atoms with van der Waals surface area (Å²) in [4.78, 5) is 4.79. The second-order valence-electron chi connectivity index (χ2n) is 11.6. The summed E-state index contributed by atoms with van der Waals surface area (Å²) in [5.74, 6) is 2.40. The third kappa shape index (κ3) is 4.13. The normalized spacial score (nSPS) is 12.4. The maximum Gasteiger partial charge on any atom is 0.161 e. The SMILES string of the molecule is Cc1oc2cc(-c3cc4ccnc(-c5cc(C(C)(C)C)c6ccccc6c5)c4o3)ccc2c1CC(C)C. The van der Waals surface area contributed by atoms with Crippen molar-refractivity contribution in [3.8, 4) is 22.6 Å². The highest BCUT2D eigenvalue weighted by atomic mass is 16.3. The average Bonchev–Trinajstić information content (AvgIpc) is 3.43. The molecule has 37 heavy (non-hydrogen) atoms. The first-order valence-electron chi connectivity index (χ1n) is 13.1. The highest BCUT2D eigenvalue weighted by Gasteiger charge is 2.21. The molecular weight excluding hydrogens is 454 g/mol. The molecule has 0 bridgehead atoms. The van der Waals surface area contributed by atoms with Crippen molar-refractivity contribution in [3.05, 3.63) is 89.8 Å². The van der Waals surface area contributed by atoms with Crippen molar-refractivity contribution < 1.29 is 8.83 Å². The van der Waals surface area contributed by atoms with Crippen LogP contribution in [-0.4, -0.2) is 4.98 Å². The van der Waals surface area contributed by atoms with Gasteiger partial charge < -0.3 is 8.83 Å². The van der Waals surface area contributed by atoms with Crippen molar-refractivity contribution in [1.29, 1.82) is 0 Å². The Balaban J connectivity index is 1.49. The zero-order chi connectivity index (χ0) is 25.9. The summed E-state index contributed by atoms with van der Waals surface area (Å²) < 4.78 is 12.7. The molecule has 0 fully saturated rings. The molecule has 0 aliphatic rings. The van der Waals surface area contributed by atoms with E-state index in [4.69, 9.17) is 13.8 Å². The first-order valence-corrected chi connectivity index (χ1v) is 13.1. The van der Waals surface area contributed by atoms with Crippen molar-refractivity contribution in [1.82, 2.24) is 4.98 Å². The van der Waals surface area contributed by atoms with E-state index in [9.17, 15) is 0 Å². The summed E-state index contributed by atoms with van der Waals surface area (Å²) in [6.07, 6.45) is 2.89. The molecule has 0 radical (unpaired) electrons. The molecule has 6 aromatic rings. The molecular formula is C34H33NO2. The van der Waals surface area contributed by atoms with Crippen molar-refractivity contribution >= 4 is 32.7 Å². The molecule has 3 heterocycles. The smallest absolute Gasteiger partial charge is 0.161 e. The number of rotatable bonds is 4. The Morgan fingerprint density at radius 1 is 0.811 bits per heavy atom. The van der Waals surface area contributed by atoms with Crippen LogP contribution in [0.2, 0.25) is 0 Å². The van der Waals surface area contributed by atoms with Crippen LogP contribution in [-0.2, 0) is 11.8 Å². The van der Waals surface area contributed by atoms with Gasteiger partial charge in [0.15, 0.2) is 5.58 Å². The molecule has 3 aromatic carbocycles. The molecule has 3 heteroatoms. The number of nitrogens with zero attached hydrogens (tertiary/aromatic N) is 1. The third-order valence-corrected chi connectivity index (χ3v) is 7.27. The first-order chi connectivity index (χ1) is 17.7. The van der Waals surface area contributed by atoms with Crippen LogP contribution >= 0.6 is 0 Å². The summed E-state index contributed by atoms with van der Waals surface area (Å²) in [6.45, 7) is 13.3. The molecule has 6 rings (SSSR count). The fraction of sp³-hybridized carbons (Fsp3) is 0.265. The van der Waals surface area contributed by atoms with Crippen LogP contribution in [0.25, 0.3) is 55.3 Å². The van der Waals surface area contributed by atoms with Crippen LogP contribution in [0.1, 0.15) is 51.5 Å². The Hall–Kier alpha value is -3.85. The fourth-order valence-electron chi connectivity index (χ4n) is 5.47.